The van der Waals surface area contributed by atoms with E-state index in [1.165, 1.54) is 22.3 Å². The van der Waals surface area contributed by atoms with Crippen molar-refractivity contribution in [2.24, 2.45) is 0 Å². The maximum absolute atomic E-state index is 12.4. The molecule has 0 saturated carbocycles. The van der Waals surface area contributed by atoms with Crippen molar-refractivity contribution in [2.75, 3.05) is 18.4 Å². The summed E-state index contributed by atoms with van der Waals surface area (Å²) in [6.07, 6.45) is 1.05. The monoisotopic (exact) mass is 391 g/mol. The first-order valence-corrected chi connectivity index (χ1v) is 10.6. The molecule has 0 radical (unpaired) electrons. The predicted octanol–water partition coefficient (Wildman–Crippen LogP) is 4.98. The molecule has 2 N–H and O–H groups in total. The van der Waals surface area contributed by atoms with Gasteiger partial charge in [-0.25, -0.2) is 4.79 Å². The molecule has 0 saturated heterocycles. The van der Waals surface area contributed by atoms with Crippen LogP contribution >= 0.6 is 11.3 Å². The lowest BCUT2D eigenvalue weighted by atomic mass is 9.97. The van der Waals surface area contributed by atoms with Crippen LogP contribution in [0.5, 0.6) is 0 Å². The topological polar surface area (TPSA) is 44.4 Å². The van der Waals surface area contributed by atoms with Gasteiger partial charge < -0.3 is 10.6 Å². The normalized spacial score (nSPS) is 14.9. The summed E-state index contributed by atoms with van der Waals surface area (Å²) in [5, 5.41) is 10.3. The van der Waals surface area contributed by atoms with Gasteiger partial charge in [0.25, 0.3) is 0 Å². The van der Waals surface area contributed by atoms with Gasteiger partial charge in [0.2, 0.25) is 0 Å². The SMILES string of the molecule is Cc1ccc(NC(=O)NCC(c2ccsc2)N2CCc3ccccc3C2)cc1. The molecule has 1 unspecified atom stereocenters. The number of urea groups is 1. The number of anilines is 1. The van der Waals surface area contributed by atoms with Crippen molar-refractivity contribution in [1.29, 1.82) is 0 Å². The molecule has 1 aliphatic rings. The second-order valence-electron chi connectivity index (χ2n) is 7.26. The number of thiophene rings is 1. The van der Waals surface area contributed by atoms with Crippen LogP contribution in [0.4, 0.5) is 10.5 Å². The van der Waals surface area contributed by atoms with Crippen LogP contribution in [0.25, 0.3) is 0 Å². The van der Waals surface area contributed by atoms with E-state index < -0.39 is 0 Å². The van der Waals surface area contributed by atoms with Crippen LogP contribution in [0.1, 0.15) is 28.3 Å². The third kappa shape index (κ3) is 4.43. The highest BCUT2D eigenvalue weighted by molar-refractivity contribution is 7.07. The molecule has 4 nitrogen and oxygen atoms in total. The first-order chi connectivity index (χ1) is 13.7. The van der Waals surface area contributed by atoms with Gasteiger partial charge in [0, 0.05) is 25.3 Å². The Morgan fingerprint density at radius 1 is 1.11 bits per heavy atom. The van der Waals surface area contributed by atoms with Crippen molar-refractivity contribution in [3.05, 3.63) is 87.6 Å². The highest BCUT2D eigenvalue weighted by Gasteiger charge is 2.25. The molecule has 144 valence electrons. The lowest BCUT2D eigenvalue weighted by Gasteiger charge is -2.35. The summed E-state index contributed by atoms with van der Waals surface area (Å²) >= 11 is 1.70. The number of carbonyl (C=O) groups is 1. The summed E-state index contributed by atoms with van der Waals surface area (Å²) in [6, 6.07) is 18.7. The first kappa shape index (κ1) is 18.7. The molecular weight excluding hydrogens is 366 g/mol. The van der Waals surface area contributed by atoms with Gasteiger partial charge in [0.1, 0.15) is 0 Å². The number of hydrogen-bond acceptors (Lipinski definition) is 3. The summed E-state index contributed by atoms with van der Waals surface area (Å²) in [4.78, 5) is 14.9. The zero-order chi connectivity index (χ0) is 19.3. The van der Waals surface area contributed by atoms with Gasteiger partial charge in [0.15, 0.2) is 0 Å². The van der Waals surface area contributed by atoms with E-state index in [4.69, 9.17) is 0 Å². The number of aryl methyl sites for hydroxylation is 1. The third-order valence-corrected chi connectivity index (χ3v) is 6.00. The van der Waals surface area contributed by atoms with Crippen molar-refractivity contribution in [1.82, 2.24) is 10.2 Å². The molecule has 2 aromatic carbocycles. The maximum atomic E-state index is 12.4. The Balaban J connectivity index is 1.43. The molecule has 1 aliphatic heterocycles. The van der Waals surface area contributed by atoms with E-state index in [9.17, 15) is 4.79 Å². The molecule has 28 heavy (non-hydrogen) atoms. The van der Waals surface area contributed by atoms with Crippen LogP contribution in [0.2, 0.25) is 0 Å². The largest absolute Gasteiger partial charge is 0.336 e. The van der Waals surface area contributed by atoms with E-state index in [0.29, 0.717) is 6.54 Å². The molecule has 0 spiro atoms. The number of nitrogens with one attached hydrogen (secondary N) is 2. The number of benzene rings is 2. The van der Waals surface area contributed by atoms with Gasteiger partial charge in [-0.15, -0.1) is 0 Å². The van der Waals surface area contributed by atoms with E-state index in [-0.39, 0.29) is 12.1 Å². The molecule has 2 amide bonds. The van der Waals surface area contributed by atoms with Gasteiger partial charge >= 0.3 is 6.03 Å². The molecule has 0 aliphatic carbocycles. The zero-order valence-corrected chi connectivity index (χ0v) is 16.8. The quantitative estimate of drug-likeness (QED) is 0.644. The Hall–Kier alpha value is -2.63. The fourth-order valence-electron chi connectivity index (χ4n) is 3.71. The third-order valence-electron chi connectivity index (χ3n) is 5.29. The average Bonchev–Trinajstić information content (AvgIpc) is 3.24. The van der Waals surface area contributed by atoms with E-state index in [1.54, 1.807) is 11.3 Å². The molecule has 0 fully saturated rings. The lowest BCUT2D eigenvalue weighted by molar-refractivity contribution is 0.176. The van der Waals surface area contributed by atoms with Crippen molar-refractivity contribution >= 4 is 23.1 Å². The Kier molecular flexibility index (Phi) is 5.74. The fourth-order valence-corrected chi connectivity index (χ4v) is 4.41. The van der Waals surface area contributed by atoms with Gasteiger partial charge in [-0.3, -0.25) is 4.90 Å². The van der Waals surface area contributed by atoms with Gasteiger partial charge in [-0.1, -0.05) is 42.0 Å². The van der Waals surface area contributed by atoms with Crippen LogP contribution in [0, 0.1) is 6.92 Å². The van der Waals surface area contributed by atoms with Crippen LogP contribution < -0.4 is 10.6 Å². The number of hydrogen-bond donors (Lipinski definition) is 2. The Morgan fingerprint density at radius 2 is 1.89 bits per heavy atom. The number of nitrogens with zero attached hydrogens (tertiary/aromatic N) is 1. The van der Waals surface area contributed by atoms with E-state index in [1.807, 2.05) is 31.2 Å². The summed E-state index contributed by atoms with van der Waals surface area (Å²) in [5.74, 6) is 0. The molecule has 1 atom stereocenters. The van der Waals surface area contributed by atoms with E-state index in [0.717, 1.165) is 25.2 Å². The first-order valence-electron chi connectivity index (χ1n) is 9.63. The van der Waals surface area contributed by atoms with Crippen LogP contribution in [-0.2, 0) is 13.0 Å². The molecule has 3 aromatic rings. The van der Waals surface area contributed by atoms with E-state index >= 15 is 0 Å². The molecule has 2 heterocycles. The number of rotatable bonds is 5. The molecule has 1 aromatic heterocycles. The summed E-state index contributed by atoms with van der Waals surface area (Å²) in [6.45, 7) is 4.53. The van der Waals surface area contributed by atoms with Gasteiger partial charge in [-0.05, 0) is 59.0 Å². The molecule has 4 rings (SSSR count). The minimum Gasteiger partial charge on any atom is -0.336 e. The maximum Gasteiger partial charge on any atom is 0.319 e. The Labute approximate surface area is 170 Å². The van der Waals surface area contributed by atoms with E-state index in [2.05, 4.69) is 56.6 Å². The smallest absolute Gasteiger partial charge is 0.319 e. The highest BCUT2D eigenvalue weighted by atomic mass is 32.1. The minimum absolute atomic E-state index is 0.165. The molecule has 0 bridgehead atoms. The number of carbonyl (C=O) groups excluding carboxylic acids is 1. The minimum atomic E-state index is -0.165. The van der Waals surface area contributed by atoms with Crippen molar-refractivity contribution in [2.45, 2.75) is 25.9 Å². The predicted molar refractivity (Wildman–Crippen MR) is 116 cm³/mol. The standard InChI is InChI=1S/C23H25N3OS/c1-17-6-8-21(9-7-17)25-23(27)24-14-22(20-11-13-28-16-20)26-12-10-18-4-2-3-5-19(18)15-26/h2-9,11,13,16,22H,10,12,14-15H2,1H3,(H2,24,25,27). The zero-order valence-electron chi connectivity index (χ0n) is 16.0. The fraction of sp³-hybridized carbons (Fsp3) is 0.261. The summed E-state index contributed by atoms with van der Waals surface area (Å²) < 4.78 is 0. The second-order valence-corrected chi connectivity index (χ2v) is 8.04. The van der Waals surface area contributed by atoms with Crippen LogP contribution in [-0.4, -0.2) is 24.0 Å². The number of fused-ring (bicyclic) bond motifs is 1. The van der Waals surface area contributed by atoms with Gasteiger partial charge in [0.05, 0.1) is 6.04 Å². The van der Waals surface area contributed by atoms with Crippen LogP contribution in [0.15, 0.2) is 65.4 Å². The van der Waals surface area contributed by atoms with Crippen LogP contribution in [0.3, 0.4) is 0 Å². The Morgan fingerprint density at radius 3 is 2.64 bits per heavy atom. The van der Waals surface area contributed by atoms with Crippen molar-refractivity contribution in [3.8, 4) is 0 Å². The average molecular weight is 392 g/mol. The van der Waals surface area contributed by atoms with Gasteiger partial charge in [-0.2, -0.15) is 11.3 Å². The second kappa shape index (κ2) is 8.59. The lowest BCUT2D eigenvalue weighted by Crippen LogP contribution is -2.41. The van der Waals surface area contributed by atoms with Crippen molar-refractivity contribution in [3.63, 3.8) is 0 Å². The Bertz CT molecular complexity index is 921. The summed E-state index contributed by atoms with van der Waals surface area (Å²) in [5.41, 5.74) is 6.07. The summed E-state index contributed by atoms with van der Waals surface area (Å²) in [7, 11) is 0. The molecular formula is C23H25N3OS. The number of amides is 2. The highest BCUT2D eigenvalue weighted by Crippen LogP contribution is 2.28. The molecule has 5 heteroatoms. The van der Waals surface area contributed by atoms with Crippen molar-refractivity contribution < 1.29 is 4.79 Å².